The van der Waals surface area contributed by atoms with E-state index in [9.17, 15) is 14.7 Å². The lowest BCUT2D eigenvalue weighted by Crippen LogP contribution is -2.37. The monoisotopic (exact) mass is 275 g/mol. The Labute approximate surface area is 119 Å². The number of hydrogen-bond acceptors (Lipinski definition) is 2. The Kier molecular flexibility index (Phi) is 4.12. The molecular formula is C16H21NO3. The van der Waals surface area contributed by atoms with E-state index in [1.165, 1.54) is 0 Å². The third-order valence-electron chi connectivity index (χ3n) is 4.35. The Balaban J connectivity index is 2.15. The second-order valence-electron chi connectivity index (χ2n) is 5.71. The average molecular weight is 275 g/mol. The first kappa shape index (κ1) is 14.6. The zero-order chi connectivity index (χ0) is 14.8. The van der Waals surface area contributed by atoms with Crippen molar-refractivity contribution in [2.75, 3.05) is 11.9 Å². The number of aryl methyl sites for hydroxylation is 1. The number of carboxylic acid groups (broad SMARTS) is 1. The van der Waals surface area contributed by atoms with Crippen LogP contribution in [0.15, 0.2) is 24.3 Å². The molecule has 4 heteroatoms. The molecule has 2 rings (SSSR count). The van der Waals surface area contributed by atoms with Crippen LogP contribution in [-0.4, -0.2) is 24.0 Å². The van der Waals surface area contributed by atoms with Gasteiger partial charge in [0.25, 0.3) is 0 Å². The third-order valence-corrected chi connectivity index (χ3v) is 4.35. The van der Waals surface area contributed by atoms with Gasteiger partial charge in [0.2, 0.25) is 5.91 Å². The number of hydrogen-bond donors (Lipinski definition) is 1. The fraction of sp³-hybridized carbons (Fsp3) is 0.500. The summed E-state index contributed by atoms with van der Waals surface area (Å²) in [6.07, 6.45) is 3.10. The maximum atomic E-state index is 12.4. The number of carboxylic acids is 1. The van der Waals surface area contributed by atoms with Crippen LogP contribution < -0.4 is 4.90 Å². The molecule has 1 aromatic carbocycles. The molecule has 1 fully saturated rings. The molecule has 0 saturated heterocycles. The minimum Gasteiger partial charge on any atom is -0.481 e. The number of nitrogens with zero attached hydrogens (tertiary/aromatic N) is 1. The first-order valence-electron chi connectivity index (χ1n) is 7.02. The Bertz CT molecular complexity index is 518. The van der Waals surface area contributed by atoms with E-state index in [0.717, 1.165) is 24.1 Å². The number of para-hydroxylation sites is 1. The van der Waals surface area contributed by atoms with E-state index in [1.807, 2.05) is 31.2 Å². The highest BCUT2D eigenvalue weighted by Crippen LogP contribution is 2.42. The summed E-state index contributed by atoms with van der Waals surface area (Å²) in [5.41, 5.74) is 1.00. The first-order valence-corrected chi connectivity index (χ1v) is 7.02. The van der Waals surface area contributed by atoms with Crippen molar-refractivity contribution >= 4 is 17.6 Å². The Morgan fingerprint density at radius 2 is 1.85 bits per heavy atom. The van der Waals surface area contributed by atoms with E-state index in [-0.39, 0.29) is 12.3 Å². The maximum Gasteiger partial charge on any atom is 0.310 e. The molecular weight excluding hydrogens is 254 g/mol. The van der Waals surface area contributed by atoms with Crippen LogP contribution in [0, 0.1) is 12.3 Å². The second kappa shape index (κ2) is 5.65. The van der Waals surface area contributed by atoms with Gasteiger partial charge in [0.1, 0.15) is 0 Å². The van der Waals surface area contributed by atoms with Crippen molar-refractivity contribution in [2.24, 2.45) is 5.41 Å². The molecule has 0 spiro atoms. The van der Waals surface area contributed by atoms with Crippen LogP contribution in [0.2, 0.25) is 0 Å². The maximum absolute atomic E-state index is 12.4. The zero-order valence-corrected chi connectivity index (χ0v) is 12.1. The molecule has 108 valence electrons. The van der Waals surface area contributed by atoms with Crippen molar-refractivity contribution in [1.82, 2.24) is 0 Å². The van der Waals surface area contributed by atoms with Crippen LogP contribution in [-0.2, 0) is 9.59 Å². The third kappa shape index (κ3) is 2.69. The summed E-state index contributed by atoms with van der Waals surface area (Å²) in [6.45, 7) is 1.95. The largest absolute Gasteiger partial charge is 0.481 e. The molecule has 1 saturated carbocycles. The van der Waals surface area contributed by atoms with Crippen molar-refractivity contribution < 1.29 is 14.7 Å². The standard InChI is InChI=1S/C16H21NO3/c1-12-7-3-4-8-13(12)17(2)14(18)11-16(15(19)20)9-5-6-10-16/h3-4,7-8H,5-6,9-11H2,1-2H3,(H,19,20). The number of anilines is 1. The van der Waals surface area contributed by atoms with Gasteiger partial charge in [0.15, 0.2) is 0 Å². The van der Waals surface area contributed by atoms with Gasteiger partial charge in [0.05, 0.1) is 5.41 Å². The van der Waals surface area contributed by atoms with Crippen molar-refractivity contribution in [3.05, 3.63) is 29.8 Å². The molecule has 0 aromatic heterocycles. The van der Waals surface area contributed by atoms with Gasteiger partial charge in [-0.2, -0.15) is 0 Å². The van der Waals surface area contributed by atoms with Gasteiger partial charge in [-0.1, -0.05) is 31.0 Å². The van der Waals surface area contributed by atoms with E-state index in [1.54, 1.807) is 11.9 Å². The number of carbonyl (C=O) groups is 2. The number of benzene rings is 1. The van der Waals surface area contributed by atoms with Crippen LogP contribution in [0.3, 0.4) is 0 Å². The molecule has 0 radical (unpaired) electrons. The van der Waals surface area contributed by atoms with Gasteiger partial charge < -0.3 is 10.0 Å². The Hall–Kier alpha value is -1.84. The normalized spacial score (nSPS) is 16.9. The van der Waals surface area contributed by atoms with E-state index < -0.39 is 11.4 Å². The van der Waals surface area contributed by atoms with Crippen LogP contribution in [0.4, 0.5) is 5.69 Å². The summed E-state index contributed by atoms with van der Waals surface area (Å²) in [7, 11) is 1.72. The molecule has 0 heterocycles. The number of rotatable bonds is 4. The SMILES string of the molecule is Cc1ccccc1N(C)C(=O)CC1(C(=O)O)CCCC1. The van der Waals surface area contributed by atoms with Gasteiger partial charge in [-0.05, 0) is 31.4 Å². The summed E-state index contributed by atoms with van der Waals surface area (Å²) in [5, 5.41) is 9.45. The molecule has 1 aliphatic carbocycles. The summed E-state index contributed by atoms with van der Waals surface area (Å²) < 4.78 is 0. The summed E-state index contributed by atoms with van der Waals surface area (Å²) >= 11 is 0. The van der Waals surface area contributed by atoms with Gasteiger partial charge in [-0.25, -0.2) is 0 Å². The summed E-state index contributed by atoms with van der Waals surface area (Å²) in [4.78, 5) is 25.5. The van der Waals surface area contributed by atoms with E-state index in [2.05, 4.69) is 0 Å². The molecule has 1 aliphatic rings. The summed E-state index contributed by atoms with van der Waals surface area (Å²) in [5.74, 6) is -0.954. The van der Waals surface area contributed by atoms with E-state index in [4.69, 9.17) is 0 Å². The molecule has 20 heavy (non-hydrogen) atoms. The Morgan fingerprint density at radius 1 is 1.25 bits per heavy atom. The lowest BCUT2D eigenvalue weighted by atomic mass is 9.82. The van der Waals surface area contributed by atoms with E-state index in [0.29, 0.717) is 12.8 Å². The minimum absolute atomic E-state index is 0.0904. The van der Waals surface area contributed by atoms with Crippen molar-refractivity contribution in [3.8, 4) is 0 Å². The average Bonchev–Trinajstić information content (AvgIpc) is 2.88. The molecule has 4 nitrogen and oxygen atoms in total. The van der Waals surface area contributed by atoms with Crippen LogP contribution in [0.25, 0.3) is 0 Å². The topological polar surface area (TPSA) is 57.6 Å². The van der Waals surface area contributed by atoms with Crippen molar-refractivity contribution in [1.29, 1.82) is 0 Å². The molecule has 0 bridgehead atoms. The van der Waals surface area contributed by atoms with Gasteiger partial charge in [-0.15, -0.1) is 0 Å². The molecule has 0 aliphatic heterocycles. The highest BCUT2D eigenvalue weighted by Gasteiger charge is 2.43. The minimum atomic E-state index is -0.853. The first-order chi connectivity index (χ1) is 9.46. The van der Waals surface area contributed by atoms with Crippen molar-refractivity contribution in [2.45, 2.75) is 39.0 Å². The number of carbonyl (C=O) groups excluding carboxylic acids is 1. The molecule has 0 atom stereocenters. The second-order valence-corrected chi connectivity index (χ2v) is 5.71. The lowest BCUT2D eigenvalue weighted by molar-refractivity contribution is -0.151. The van der Waals surface area contributed by atoms with Gasteiger partial charge >= 0.3 is 5.97 Å². The van der Waals surface area contributed by atoms with Crippen LogP contribution in [0.5, 0.6) is 0 Å². The molecule has 0 unspecified atom stereocenters. The van der Waals surface area contributed by atoms with Gasteiger partial charge in [0, 0.05) is 19.2 Å². The predicted molar refractivity (Wildman–Crippen MR) is 77.7 cm³/mol. The van der Waals surface area contributed by atoms with Crippen LogP contribution >= 0.6 is 0 Å². The quantitative estimate of drug-likeness (QED) is 0.919. The van der Waals surface area contributed by atoms with Crippen molar-refractivity contribution in [3.63, 3.8) is 0 Å². The van der Waals surface area contributed by atoms with Gasteiger partial charge in [-0.3, -0.25) is 9.59 Å². The molecule has 1 N–H and O–H groups in total. The lowest BCUT2D eigenvalue weighted by Gasteiger charge is -2.27. The predicted octanol–water partition coefficient (Wildman–Crippen LogP) is 2.99. The number of amides is 1. The van der Waals surface area contributed by atoms with E-state index >= 15 is 0 Å². The fourth-order valence-electron chi connectivity index (χ4n) is 3.00. The van der Waals surface area contributed by atoms with Crippen LogP contribution in [0.1, 0.15) is 37.7 Å². The smallest absolute Gasteiger partial charge is 0.310 e. The number of aliphatic carboxylic acids is 1. The fourth-order valence-corrected chi connectivity index (χ4v) is 3.00. The zero-order valence-electron chi connectivity index (χ0n) is 12.1. The Morgan fingerprint density at radius 3 is 2.40 bits per heavy atom. The summed E-state index contributed by atoms with van der Waals surface area (Å²) in [6, 6.07) is 7.64. The highest BCUT2D eigenvalue weighted by atomic mass is 16.4. The molecule has 1 amide bonds. The molecule has 1 aromatic rings. The highest BCUT2D eigenvalue weighted by molar-refractivity contribution is 5.96.